The van der Waals surface area contributed by atoms with Gasteiger partial charge in [0.2, 0.25) is 6.29 Å². The maximum atomic E-state index is 13.9. The Labute approximate surface area is 231 Å². The van der Waals surface area contributed by atoms with Gasteiger partial charge < -0.3 is 19.3 Å². The second kappa shape index (κ2) is 9.83. The Morgan fingerprint density at radius 1 is 1.13 bits per heavy atom. The number of allylic oxidation sites excluding steroid dienone is 3. The van der Waals surface area contributed by atoms with Gasteiger partial charge in [0, 0.05) is 17.9 Å². The summed E-state index contributed by atoms with van der Waals surface area (Å²) in [6, 6.07) is 0. The smallest absolute Gasteiger partial charge is 0.308 e. The van der Waals surface area contributed by atoms with Crippen LogP contribution in [0.5, 0.6) is 0 Å². The molecule has 7 nitrogen and oxygen atoms in total. The molecule has 214 valence electrons. The summed E-state index contributed by atoms with van der Waals surface area (Å²) in [4.78, 5) is 39.0. The molecule has 0 aromatic rings. The van der Waals surface area contributed by atoms with E-state index in [0.29, 0.717) is 12.2 Å². The van der Waals surface area contributed by atoms with Crippen LogP contribution in [0.3, 0.4) is 0 Å². The van der Waals surface area contributed by atoms with E-state index in [1.54, 1.807) is 26.0 Å². The lowest BCUT2D eigenvalue weighted by atomic mass is 9.46. The summed E-state index contributed by atoms with van der Waals surface area (Å²) in [6.45, 7) is 7.55. The van der Waals surface area contributed by atoms with Crippen LogP contribution in [-0.4, -0.2) is 47.7 Å². The van der Waals surface area contributed by atoms with Crippen LogP contribution < -0.4 is 0 Å². The van der Waals surface area contributed by atoms with Gasteiger partial charge in [0.05, 0.1) is 29.5 Å². The number of aliphatic hydroxyl groups excluding tert-OH is 1. The number of ketones is 2. The first kappa shape index (κ1) is 27.2. The van der Waals surface area contributed by atoms with E-state index in [-0.39, 0.29) is 59.8 Å². The first-order chi connectivity index (χ1) is 18.5. The van der Waals surface area contributed by atoms with Crippen molar-refractivity contribution in [3.8, 4) is 0 Å². The zero-order valence-electron chi connectivity index (χ0n) is 23.8. The summed E-state index contributed by atoms with van der Waals surface area (Å²) in [7, 11) is 0. The molecule has 0 aromatic carbocycles. The number of hydrogen-bond acceptors (Lipinski definition) is 7. The maximum absolute atomic E-state index is 13.9. The third-order valence-corrected chi connectivity index (χ3v) is 11.4. The molecular weight excluding hydrogens is 496 g/mol. The minimum absolute atomic E-state index is 0.0616. The predicted molar refractivity (Wildman–Crippen MR) is 143 cm³/mol. The molecule has 6 aliphatic rings. The molecule has 1 aliphatic heterocycles. The van der Waals surface area contributed by atoms with Crippen LogP contribution in [0, 0.1) is 46.3 Å². The van der Waals surface area contributed by atoms with E-state index >= 15 is 0 Å². The van der Waals surface area contributed by atoms with Crippen molar-refractivity contribution in [2.75, 3.05) is 6.61 Å². The Kier molecular flexibility index (Phi) is 6.85. The van der Waals surface area contributed by atoms with Crippen molar-refractivity contribution in [2.45, 2.75) is 104 Å². The number of Topliss-reactive ketones (excluding diaryl/α,β-unsaturated/α-hetero) is 1. The molecule has 1 saturated heterocycles. The lowest BCUT2D eigenvalue weighted by Gasteiger charge is -2.59. The SMILES string of the molecule is CC(C)C(=O)OCC(=O)[C@H]1C2CC3C4CCC5=CC(=O)C=C(OC(C6CCCCC6)O2)[C@]5(C)C4C(O)C[C@@]31C. The first-order valence-corrected chi connectivity index (χ1v) is 15.2. The largest absolute Gasteiger partial charge is 0.468 e. The van der Waals surface area contributed by atoms with E-state index in [2.05, 4.69) is 13.8 Å². The Hall–Kier alpha value is -1.99. The molecular formula is C32H44O7. The van der Waals surface area contributed by atoms with Gasteiger partial charge in [-0.3, -0.25) is 14.4 Å². The molecule has 7 heteroatoms. The highest BCUT2D eigenvalue weighted by molar-refractivity contribution is 6.01. The number of fused-ring (bicyclic) bond motifs is 1. The molecule has 0 aromatic heterocycles. The van der Waals surface area contributed by atoms with Crippen molar-refractivity contribution >= 4 is 17.5 Å². The summed E-state index contributed by atoms with van der Waals surface area (Å²) in [5.41, 5.74) is 0.00914. The number of ether oxygens (including phenoxy) is 3. The Bertz CT molecular complexity index is 1100. The Morgan fingerprint density at radius 2 is 1.87 bits per heavy atom. The average Bonchev–Trinajstić information content (AvgIpc) is 3.17. The van der Waals surface area contributed by atoms with Gasteiger partial charge in [0.1, 0.15) is 12.4 Å². The standard InChI is InChI=1S/C32H44O7/c1-17(2)29(36)37-16-24(35)28-25-14-22-21-11-10-19-12-20(33)13-26(39-30(38-25)18-8-6-5-7-9-18)32(19,4)27(21)23(34)15-31(22,28)3/h12-13,17-18,21-23,25,27-28,30,34H,5-11,14-16H2,1-4H3/t21?,22?,23?,25?,27?,28-,30?,31-,32+/m0/s1. The molecule has 0 amide bonds. The van der Waals surface area contributed by atoms with E-state index in [1.807, 2.05) is 0 Å². The molecule has 0 spiro atoms. The quantitative estimate of drug-likeness (QED) is 0.495. The molecule has 0 radical (unpaired) electrons. The van der Waals surface area contributed by atoms with Gasteiger partial charge in [-0.05, 0) is 68.8 Å². The molecule has 4 saturated carbocycles. The molecule has 5 bridgehead atoms. The lowest BCUT2D eigenvalue weighted by molar-refractivity contribution is -0.205. The van der Waals surface area contributed by atoms with E-state index in [0.717, 1.165) is 50.5 Å². The molecule has 6 unspecified atom stereocenters. The molecule has 6 rings (SSSR count). The van der Waals surface area contributed by atoms with Crippen molar-refractivity contribution in [2.24, 2.45) is 46.3 Å². The van der Waals surface area contributed by atoms with Crippen molar-refractivity contribution < 1.29 is 33.7 Å². The van der Waals surface area contributed by atoms with Gasteiger partial charge in [-0.2, -0.15) is 0 Å². The fraction of sp³-hybridized carbons (Fsp3) is 0.781. The predicted octanol–water partition coefficient (Wildman–Crippen LogP) is 4.91. The Morgan fingerprint density at radius 3 is 2.59 bits per heavy atom. The molecule has 39 heavy (non-hydrogen) atoms. The summed E-state index contributed by atoms with van der Waals surface area (Å²) >= 11 is 0. The third-order valence-electron chi connectivity index (χ3n) is 11.4. The normalized spacial score (nSPS) is 43.4. The van der Waals surface area contributed by atoms with Gasteiger partial charge in [0.15, 0.2) is 11.6 Å². The van der Waals surface area contributed by atoms with Gasteiger partial charge >= 0.3 is 5.97 Å². The molecule has 5 aliphatic carbocycles. The number of esters is 1. The average molecular weight is 541 g/mol. The second-order valence-corrected chi connectivity index (χ2v) is 13.9. The summed E-state index contributed by atoms with van der Waals surface area (Å²) < 4.78 is 19.1. The third kappa shape index (κ3) is 4.25. The number of carbonyl (C=O) groups is 3. The number of rotatable bonds is 5. The monoisotopic (exact) mass is 540 g/mol. The summed E-state index contributed by atoms with van der Waals surface area (Å²) in [5, 5.41) is 11.9. The van der Waals surface area contributed by atoms with Crippen molar-refractivity contribution in [3.05, 3.63) is 23.5 Å². The highest BCUT2D eigenvalue weighted by Crippen LogP contribution is 2.68. The van der Waals surface area contributed by atoms with E-state index in [4.69, 9.17) is 14.2 Å². The fourth-order valence-corrected chi connectivity index (χ4v) is 9.60. The van der Waals surface area contributed by atoms with E-state index < -0.39 is 29.1 Å². The van der Waals surface area contributed by atoms with Crippen molar-refractivity contribution in [3.63, 3.8) is 0 Å². The molecule has 1 N–H and O–H groups in total. The second-order valence-electron chi connectivity index (χ2n) is 13.9. The van der Waals surface area contributed by atoms with Crippen LogP contribution >= 0.6 is 0 Å². The van der Waals surface area contributed by atoms with Gasteiger partial charge in [0.25, 0.3) is 0 Å². The van der Waals surface area contributed by atoms with Crippen LogP contribution in [0.4, 0.5) is 0 Å². The zero-order chi connectivity index (χ0) is 27.7. The van der Waals surface area contributed by atoms with Crippen LogP contribution in [0.15, 0.2) is 23.5 Å². The minimum Gasteiger partial charge on any atom is -0.468 e. The summed E-state index contributed by atoms with van der Waals surface area (Å²) in [6.07, 6.45) is 10.0. The first-order valence-electron chi connectivity index (χ1n) is 15.2. The fourth-order valence-electron chi connectivity index (χ4n) is 9.60. The van der Waals surface area contributed by atoms with Gasteiger partial charge in [-0.25, -0.2) is 0 Å². The number of hydrogen-bond donors (Lipinski definition) is 1. The highest BCUT2D eigenvalue weighted by Gasteiger charge is 2.67. The van der Waals surface area contributed by atoms with Crippen molar-refractivity contribution in [1.82, 2.24) is 0 Å². The van der Waals surface area contributed by atoms with Crippen molar-refractivity contribution in [1.29, 1.82) is 0 Å². The summed E-state index contributed by atoms with van der Waals surface area (Å²) in [5.74, 6) is -0.288. The highest BCUT2D eigenvalue weighted by atomic mass is 16.7. The maximum Gasteiger partial charge on any atom is 0.308 e. The minimum atomic E-state index is -0.649. The number of carbonyl (C=O) groups excluding carboxylic acids is 3. The van der Waals surface area contributed by atoms with E-state index in [9.17, 15) is 19.5 Å². The molecule has 1 heterocycles. The van der Waals surface area contributed by atoms with Gasteiger partial charge in [-0.15, -0.1) is 0 Å². The lowest BCUT2D eigenvalue weighted by Crippen LogP contribution is -2.57. The molecule has 9 atom stereocenters. The molecule has 5 fully saturated rings. The van der Waals surface area contributed by atoms with Crippen LogP contribution in [0.1, 0.15) is 85.5 Å². The van der Waals surface area contributed by atoms with Crippen LogP contribution in [0.2, 0.25) is 0 Å². The topological polar surface area (TPSA) is 99.1 Å². The van der Waals surface area contributed by atoms with E-state index in [1.165, 1.54) is 6.42 Å². The number of aliphatic hydroxyl groups is 1. The van der Waals surface area contributed by atoms with Crippen LogP contribution in [-0.2, 0) is 28.6 Å². The van der Waals surface area contributed by atoms with Crippen LogP contribution in [0.25, 0.3) is 0 Å². The zero-order valence-corrected chi connectivity index (χ0v) is 23.8. The Balaban J connectivity index is 1.43. The van der Waals surface area contributed by atoms with Gasteiger partial charge in [-0.1, -0.05) is 45.6 Å².